The minimum Gasteiger partial charge on any atom is -0.352 e. The van der Waals surface area contributed by atoms with Crippen LogP contribution in [0, 0.1) is 6.92 Å². The first-order chi connectivity index (χ1) is 10.8. The Hall–Kier alpha value is -2.02. The summed E-state index contributed by atoms with van der Waals surface area (Å²) in [5, 5.41) is 16.5. The predicted octanol–water partition coefficient (Wildman–Crippen LogP) is 1.79. The van der Waals surface area contributed by atoms with Crippen molar-refractivity contribution in [2.45, 2.75) is 45.7 Å². The number of nitrogens with zero attached hydrogens (tertiary/aromatic N) is 6. The van der Waals surface area contributed by atoms with E-state index in [-0.39, 0.29) is 5.41 Å². The molecule has 0 unspecified atom stereocenters. The van der Waals surface area contributed by atoms with Crippen LogP contribution in [-0.2, 0) is 12.0 Å². The van der Waals surface area contributed by atoms with Crippen LogP contribution in [-0.4, -0.2) is 51.6 Å². The Balaban J connectivity index is 1.55. The summed E-state index contributed by atoms with van der Waals surface area (Å²) in [4.78, 5) is 4.52. The second-order valence-corrected chi connectivity index (χ2v) is 7.30. The van der Waals surface area contributed by atoms with Crippen LogP contribution in [0.15, 0.2) is 16.8 Å². The lowest BCUT2D eigenvalue weighted by molar-refractivity contribution is 0.190. The lowest BCUT2D eigenvalue weighted by atomic mass is 9.92. The maximum Gasteiger partial charge on any atom is 0.151 e. The topological polar surface area (TPSA) is 71.2 Å². The van der Waals surface area contributed by atoms with Crippen LogP contribution in [0.3, 0.4) is 0 Å². The summed E-state index contributed by atoms with van der Waals surface area (Å²) < 4.78 is 4.75. The zero-order valence-corrected chi connectivity index (χ0v) is 14.4. The molecule has 0 spiro atoms. The number of likely N-dealkylation sites (N-methyl/N-ethyl adjacent to an activating group) is 1. The molecule has 3 rings (SSSR count). The number of hydrogen-bond acceptors (Lipinski definition) is 7. The highest BCUT2D eigenvalue weighted by atomic mass is 16.6. The molecular formula is C16H24N6O. The van der Waals surface area contributed by atoms with Crippen LogP contribution in [0.5, 0.6) is 0 Å². The molecule has 0 amide bonds. The van der Waals surface area contributed by atoms with E-state index >= 15 is 0 Å². The summed E-state index contributed by atoms with van der Waals surface area (Å²) in [6, 6.07) is 4.62. The van der Waals surface area contributed by atoms with Gasteiger partial charge in [0.05, 0.1) is 5.69 Å². The molecule has 0 saturated carbocycles. The van der Waals surface area contributed by atoms with Gasteiger partial charge in [-0.1, -0.05) is 31.1 Å². The Morgan fingerprint density at radius 1 is 1.22 bits per heavy atom. The Labute approximate surface area is 136 Å². The van der Waals surface area contributed by atoms with Gasteiger partial charge in [-0.2, -0.15) is 5.10 Å². The van der Waals surface area contributed by atoms with Gasteiger partial charge in [-0.05, 0) is 26.1 Å². The Bertz CT molecular complexity index is 654. The molecule has 1 fully saturated rings. The van der Waals surface area contributed by atoms with Crippen LogP contribution >= 0.6 is 0 Å². The molecule has 2 aromatic heterocycles. The van der Waals surface area contributed by atoms with Crippen LogP contribution in [0.25, 0.3) is 0 Å². The molecule has 3 heterocycles. The van der Waals surface area contributed by atoms with Crippen LogP contribution in [0.2, 0.25) is 0 Å². The minimum atomic E-state index is 0.0344. The predicted molar refractivity (Wildman–Crippen MR) is 87.2 cm³/mol. The second-order valence-electron chi connectivity index (χ2n) is 7.30. The average molecular weight is 316 g/mol. The van der Waals surface area contributed by atoms with Crippen molar-refractivity contribution in [2.24, 2.45) is 0 Å². The normalized spacial score (nSPS) is 16.0. The van der Waals surface area contributed by atoms with E-state index in [1.165, 1.54) is 0 Å². The van der Waals surface area contributed by atoms with Gasteiger partial charge < -0.3 is 4.90 Å². The van der Waals surface area contributed by atoms with Crippen LogP contribution < -0.4 is 4.90 Å². The maximum absolute atomic E-state index is 4.75. The number of rotatable bonds is 4. The monoisotopic (exact) mass is 316 g/mol. The van der Waals surface area contributed by atoms with Crippen molar-refractivity contribution in [3.63, 3.8) is 0 Å². The van der Waals surface area contributed by atoms with Crippen molar-refractivity contribution in [3.05, 3.63) is 29.2 Å². The number of aryl methyl sites for hydroxylation is 1. The average Bonchev–Trinajstić information content (AvgIpc) is 2.82. The molecule has 23 heavy (non-hydrogen) atoms. The maximum atomic E-state index is 4.75. The van der Waals surface area contributed by atoms with E-state index in [0.717, 1.165) is 42.5 Å². The molecule has 0 bridgehead atoms. The first-order valence-corrected chi connectivity index (χ1v) is 7.92. The van der Waals surface area contributed by atoms with Crippen molar-refractivity contribution >= 4 is 5.82 Å². The highest BCUT2D eigenvalue weighted by Gasteiger charge is 2.32. The molecule has 1 saturated heterocycles. The molecule has 7 nitrogen and oxygen atoms in total. The molecule has 1 aliphatic rings. The van der Waals surface area contributed by atoms with E-state index in [1.54, 1.807) is 0 Å². The first kappa shape index (κ1) is 15.9. The fourth-order valence-corrected chi connectivity index (χ4v) is 2.57. The van der Waals surface area contributed by atoms with Crippen LogP contribution in [0.1, 0.15) is 37.9 Å². The number of hydrogen-bond donors (Lipinski definition) is 0. The summed E-state index contributed by atoms with van der Waals surface area (Å²) in [5.41, 5.74) is 2.81. The van der Waals surface area contributed by atoms with E-state index < -0.39 is 0 Å². The molecule has 1 aliphatic heterocycles. The second kappa shape index (κ2) is 5.88. The Morgan fingerprint density at radius 3 is 2.48 bits per heavy atom. The molecule has 0 radical (unpaired) electrons. The number of aromatic nitrogens is 4. The van der Waals surface area contributed by atoms with E-state index in [9.17, 15) is 0 Å². The fourth-order valence-electron chi connectivity index (χ4n) is 2.57. The molecule has 0 N–H and O–H groups in total. The largest absolute Gasteiger partial charge is 0.352 e. The summed E-state index contributed by atoms with van der Waals surface area (Å²) in [7, 11) is 2.10. The standard InChI is InChI=1S/C16H24N6O/c1-11-13(20-23-19-11)10-21(5)12-8-22(9-12)15-7-6-14(17-18-15)16(2,3)4/h6-7,12H,8-10H2,1-5H3. The fraction of sp³-hybridized carbons (Fsp3) is 0.625. The van der Waals surface area contributed by atoms with Gasteiger partial charge >= 0.3 is 0 Å². The summed E-state index contributed by atoms with van der Waals surface area (Å²) in [6.07, 6.45) is 0. The van der Waals surface area contributed by atoms with E-state index in [2.05, 4.69) is 70.3 Å². The zero-order valence-electron chi connectivity index (χ0n) is 14.4. The number of anilines is 1. The summed E-state index contributed by atoms with van der Waals surface area (Å²) in [6.45, 7) is 11.0. The molecular weight excluding hydrogens is 292 g/mol. The summed E-state index contributed by atoms with van der Waals surface area (Å²) >= 11 is 0. The third kappa shape index (κ3) is 3.34. The van der Waals surface area contributed by atoms with E-state index in [0.29, 0.717) is 6.04 Å². The highest BCUT2D eigenvalue weighted by Crippen LogP contribution is 2.24. The smallest absolute Gasteiger partial charge is 0.151 e. The van der Waals surface area contributed by atoms with Gasteiger partial charge in [0.15, 0.2) is 5.82 Å². The zero-order chi connectivity index (χ0) is 16.6. The van der Waals surface area contributed by atoms with Gasteiger partial charge in [0.1, 0.15) is 11.4 Å². The quantitative estimate of drug-likeness (QED) is 0.851. The van der Waals surface area contributed by atoms with Crippen LogP contribution in [0.4, 0.5) is 5.82 Å². The molecule has 124 valence electrons. The van der Waals surface area contributed by atoms with Gasteiger partial charge in [-0.15, -0.1) is 5.10 Å². The first-order valence-electron chi connectivity index (χ1n) is 7.92. The van der Waals surface area contributed by atoms with E-state index in [1.807, 2.05) is 6.92 Å². The third-order valence-corrected chi connectivity index (χ3v) is 4.37. The van der Waals surface area contributed by atoms with Crippen molar-refractivity contribution in [1.82, 2.24) is 25.4 Å². The summed E-state index contributed by atoms with van der Waals surface area (Å²) in [5.74, 6) is 0.946. The van der Waals surface area contributed by atoms with Crippen molar-refractivity contribution < 1.29 is 4.63 Å². The van der Waals surface area contributed by atoms with Gasteiger partial charge in [0.2, 0.25) is 0 Å². The van der Waals surface area contributed by atoms with Gasteiger partial charge in [-0.3, -0.25) is 4.90 Å². The van der Waals surface area contributed by atoms with E-state index in [4.69, 9.17) is 4.63 Å². The third-order valence-electron chi connectivity index (χ3n) is 4.37. The van der Waals surface area contributed by atoms with Gasteiger partial charge in [0, 0.05) is 31.1 Å². The molecule has 0 aromatic carbocycles. The van der Waals surface area contributed by atoms with Crippen molar-refractivity contribution in [2.75, 3.05) is 25.0 Å². The molecule has 0 aliphatic carbocycles. The lowest BCUT2D eigenvalue weighted by Gasteiger charge is -2.44. The molecule has 7 heteroatoms. The molecule has 2 aromatic rings. The van der Waals surface area contributed by atoms with Gasteiger partial charge in [0.25, 0.3) is 0 Å². The SMILES string of the molecule is Cc1nonc1CN(C)C1CN(c2ccc(C(C)(C)C)nn2)C1. The molecule has 0 atom stereocenters. The highest BCUT2D eigenvalue weighted by molar-refractivity contribution is 5.42. The van der Waals surface area contributed by atoms with Crippen molar-refractivity contribution in [3.8, 4) is 0 Å². The Morgan fingerprint density at radius 2 is 1.96 bits per heavy atom. The minimum absolute atomic E-state index is 0.0344. The van der Waals surface area contributed by atoms with Gasteiger partial charge in [-0.25, -0.2) is 4.63 Å². The lowest BCUT2D eigenvalue weighted by Crippen LogP contribution is -2.58. The Kier molecular flexibility index (Phi) is 4.06. The van der Waals surface area contributed by atoms with Crippen molar-refractivity contribution in [1.29, 1.82) is 0 Å².